The summed E-state index contributed by atoms with van der Waals surface area (Å²) < 4.78 is 5.92. The topological polar surface area (TPSA) is 29.5 Å². The molecule has 0 atom stereocenters. The molecule has 0 aliphatic rings. The van der Waals surface area contributed by atoms with Gasteiger partial charge in [-0.25, -0.2) is 0 Å². The van der Waals surface area contributed by atoms with Crippen LogP contribution < -0.4 is 0 Å². The zero-order chi connectivity index (χ0) is 17.7. The van der Waals surface area contributed by atoms with Crippen LogP contribution in [0.5, 0.6) is 0 Å². The lowest BCUT2D eigenvalue weighted by Crippen LogP contribution is -2.26. The number of nitrogens with zero attached hydrogens (tertiary/aromatic N) is 1. The highest BCUT2D eigenvalue weighted by molar-refractivity contribution is 6.32. The van der Waals surface area contributed by atoms with Gasteiger partial charge in [0.15, 0.2) is 9.76 Å². The van der Waals surface area contributed by atoms with E-state index in [1.54, 1.807) is 4.90 Å². The molecule has 0 radical (unpaired) electrons. The van der Waals surface area contributed by atoms with E-state index in [9.17, 15) is 4.79 Å². The zero-order valence-electron chi connectivity index (χ0n) is 16.2. The van der Waals surface area contributed by atoms with Crippen LogP contribution in [0.25, 0.3) is 0 Å². The fourth-order valence-corrected chi connectivity index (χ4v) is 3.03. The van der Waals surface area contributed by atoms with E-state index in [0.717, 1.165) is 51.7 Å². The van der Waals surface area contributed by atoms with Crippen molar-refractivity contribution >= 4 is 15.7 Å². The van der Waals surface area contributed by atoms with E-state index in [0.29, 0.717) is 11.0 Å². The Kier molecular flexibility index (Phi) is 12.2. The Morgan fingerprint density at radius 1 is 1.22 bits per heavy atom. The highest BCUT2D eigenvalue weighted by Crippen LogP contribution is 2.32. The lowest BCUT2D eigenvalue weighted by atomic mass is 9.99. The molecule has 0 heterocycles. The zero-order valence-corrected chi connectivity index (χ0v) is 17.6. The van der Waals surface area contributed by atoms with E-state index < -0.39 is 9.76 Å². The Bertz CT molecular complexity index is 383. The molecule has 0 aromatic carbocycles. The van der Waals surface area contributed by atoms with Crippen molar-refractivity contribution in [2.45, 2.75) is 78.2 Å². The highest BCUT2D eigenvalue weighted by atomic mass is 28.2. The fourth-order valence-electron chi connectivity index (χ4n) is 1.83. The van der Waals surface area contributed by atoms with Gasteiger partial charge in [0.05, 0.1) is 0 Å². The molecule has 0 spiro atoms. The molecule has 0 aromatic heterocycles. The molecular formula is C19H37NO2Si. The Morgan fingerprint density at radius 2 is 1.91 bits per heavy atom. The van der Waals surface area contributed by atoms with E-state index in [1.165, 1.54) is 0 Å². The third-order valence-electron chi connectivity index (χ3n) is 4.52. The van der Waals surface area contributed by atoms with Gasteiger partial charge >= 0.3 is 0 Å². The standard InChI is InChI=1S/C19H37NO2Si/c1-7-8-15-20(6)18(21)14-12-10-9-11-13-16-22-23-19(4,5)17(2)3/h17H,7-11,13,15-16,23H2,1-6H3. The van der Waals surface area contributed by atoms with E-state index >= 15 is 0 Å². The molecule has 0 saturated carbocycles. The van der Waals surface area contributed by atoms with Crippen molar-refractivity contribution in [3.05, 3.63) is 0 Å². The molecule has 0 aliphatic heterocycles. The average Bonchev–Trinajstić information content (AvgIpc) is 2.50. The Labute approximate surface area is 146 Å². The molecule has 0 unspecified atom stereocenters. The number of carbonyl (C=O) groups is 1. The maximum atomic E-state index is 11.7. The molecule has 0 aromatic rings. The minimum absolute atomic E-state index is 0.0521. The number of carbonyl (C=O) groups excluding carboxylic acids is 1. The van der Waals surface area contributed by atoms with Crippen molar-refractivity contribution < 1.29 is 9.22 Å². The summed E-state index contributed by atoms with van der Waals surface area (Å²) >= 11 is 0. The van der Waals surface area contributed by atoms with Gasteiger partial charge in [-0.1, -0.05) is 53.4 Å². The summed E-state index contributed by atoms with van der Waals surface area (Å²) in [5.74, 6) is 6.38. The first-order valence-corrected chi connectivity index (χ1v) is 10.4. The summed E-state index contributed by atoms with van der Waals surface area (Å²) in [5, 5.41) is 0.385. The summed E-state index contributed by atoms with van der Waals surface area (Å²) in [5.41, 5.74) is 0. The number of hydrogen-bond donors (Lipinski definition) is 0. The number of amides is 1. The third kappa shape index (κ3) is 11.4. The molecule has 0 N–H and O–H groups in total. The first-order chi connectivity index (χ1) is 10.8. The van der Waals surface area contributed by atoms with Crippen molar-refractivity contribution in [2.75, 3.05) is 20.2 Å². The lowest BCUT2D eigenvalue weighted by Gasteiger charge is -2.28. The van der Waals surface area contributed by atoms with Crippen LogP contribution in [0.3, 0.4) is 0 Å². The number of hydrogen-bond acceptors (Lipinski definition) is 2. The van der Waals surface area contributed by atoms with E-state index in [1.807, 2.05) is 7.05 Å². The van der Waals surface area contributed by atoms with Crippen LogP contribution in [0.2, 0.25) is 5.04 Å². The largest absolute Gasteiger partial charge is 0.423 e. The molecule has 4 heteroatoms. The predicted octanol–water partition coefficient (Wildman–Crippen LogP) is 3.76. The van der Waals surface area contributed by atoms with Crippen LogP contribution in [-0.2, 0) is 9.22 Å². The van der Waals surface area contributed by atoms with E-state index in [4.69, 9.17) is 4.43 Å². The van der Waals surface area contributed by atoms with Crippen molar-refractivity contribution in [1.29, 1.82) is 0 Å². The van der Waals surface area contributed by atoms with Crippen molar-refractivity contribution in [3.63, 3.8) is 0 Å². The molecule has 1 amide bonds. The van der Waals surface area contributed by atoms with Gasteiger partial charge in [-0.15, -0.1) is 0 Å². The van der Waals surface area contributed by atoms with Gasteiger partial charge in [-0.2, -0.15) is 0 Å². The van der Waals surface area contributed by atoms with Crippen molar-refractivity contribution in [2.24, 2.45) is 5.92 Å². The second-order valence-corrected chi connectivity index (χ2v) is 9.91. The lowest BCUT2D eigenvalue weighted by molar-refractivity contribution is -0.123. The summed E-state index contributed by atoms with van der Waals surface area (Å²) in [6.07, 6.45) is 6.24. The molecule has 0 saturated heterocycles. The molecule has 3 nitrogen and oxygen atoms in total. The van der Waals surface area contributed by atoms with Gasteiger partial charge in [-0.05, 0) is 36.1 Å². The van der Waals surface area contributed by atoms with Crippen molar-refractivity contribution in [1.82, 2.24) is 4.90 Å². The first kappa shape index (κ1) is 22.2. The summed E-state index contributed by atoms with van der Waals surface area (Å²) in [4.78, 5) is 13.4. The van der Waals surface area contributed by atoms with E-state index in [-0.39, 0.29) is 5.91 Å². The maximum Gasteiger partial charge on any atom is 0.298 e. The SMILES string of the molecule is CCCCN(C)C(=O)C#CCCCCCO[SiH2]C(C)(C)C(C)C. The van der Waals surface area contributed by atoms with Crippen LogP contribution in [0, 0.1) is 17.8 Å². The number of unbranched alkanes of at least 4 members (excludes halogenated alkanes) is 4. The minimum Gasteiger partial charge on any atom is -0.423 e. The molecule has 0 rings (SSSR count). The third-order valence-corrected chi connectivity index (χ3v) is 6.57. The summed E-state index contributed by atoms with van der Waals surface area (Å²) in [7, 11) is 1.37. The van der Waals surface area contributed by atoms with Gasteiger partial charge in [0.1, 0.15) is 0 Å². The van der Waals surface area contributed by atoms with Gasteiger partial charge < -0.3 is 9.33 Å². The van der Waals surface area contributed by atoms with Gasteiger partial charge in [-0.3, -0.25) is 4.79 Å². The van der Waals surface area contributed by atoms with Crippen molar-refractivity contribution in [3.8, 4) is 11.8 Å². The second kappa shape index (κ2) is 12.6. The average molecular weight is 340 g/mol. The molecule has 0 aliphatic carbocycles. The Morgan fingerprint density at radius 3 is 2.52 bits per heavy atom. The van der Waals surface area contributed by atoms with Gasteiger partial charge in [0.25, 0.3) is 5.91 Å². The molecule has 0 fully saturated rings. The smallest absolute Gasteiger partial charge is 0.298 e. The molecular weight excluding hydrogens is 302 g/mol. The normalized spacial score (nSPS) is 11.8. The summed E-state index contributed by atoms with van der Waals surface area (Å²) in [6.45, 7) is 13.0. The van der Waals surface area contributed by atoms with Crippen LogP contribution in [0.15, 0.2) is 0 Å². The van der Waals surface area contributed by atoms with Gasteiger partial charge in [0.2, 0.25) is 0 Å². The maximum absolute atomic E-state index is 11.7. The van der Waals surface area contributed by atoms with Crippen LogP contribution in [0.4, 0.5) is 0 Å². The second-order valence-electron chi connectivity index (χ2n) is 7.39. The Hall–Kier alpha value is -0.793. The van der Waals surface area contributed by atoms with Crippen LogP contribution >= 0.6 is 0 Å². The minimum atomic E-state index is -0.458. The van der Waals surface area contributed by atoms with Gasteiger partial charge in [0, 0.05) is 26.6 Å². The molecule has 134 valence electrons. The molecule has 23 heavy (non-hydrogen) atoms. The fraction of sp³-hybridized carbons (Fsp3) is 0.842. The number of rotatable bonds is 11. The highest BCUT2D eigenvalue weighted by Gasteiger charge is 2.23. The van der Waals surface area contributed by atoms with Crippen LogP contribution in [-0.4, -0.2) is 40.8 Å². The predicted molar refractivity (Wildman–Crippen MR) is 102 cm³/mol. The van der Waals surface area contributed by atoms with E-state index in [2.05, 4.69) is 46.5 Å². The monoisotopic (exact) mass is 339 g/mol. The Balaban J connectivity index is 3.64. The first-order valence-electron chi connectivity index (χ1n) is 9.13. The summed E-state index contributed by atoms with van der Waals surface area (Å²) in [6, 6.07) is 0. The quantitative estimate of drug-likeness (QED) is 0.326. The van der Waals surface area contributed by atoms with Crippen LogP contribution in [0.1, 0.15) is 73.1 Å². The molecule has 0 bridgehead atoms.